The molecular formula is C42H49N7O6. The maximum absolute atomic E-state index is 13.6. The van der Waals surface area contributed by atoms with Crippen molar-refractivity contribution in [2.24, 2.45) is 5.92 Å². The van der Waals surface area contributed by atoms with Crippen molar-refractivity contribution in [2.45, 2.75) is 77.1 Å². The molecule has 0 bridgehead atoms. The summed E-state index contributed by atoms with van der Waals surface area (Å²) in [5, 5.41) is 15.4. The Bertz CT molecular complexity index is 2140. The Balaban J connectivity index is 1.03. The summed E-state index contributed by atoms with van der Waals surface area (Å²) in [5.41, 5.74) is 5.81. The van der Waals surface area contributed by atoms with E-state index in [1.807, 2.05) is 32.2 Å². The molecule has 3 amide bonds. The molecule has 13 heteroatoms. The molecule has 7 rings (SSSR count). The molecule has 2 saturated heterocycles. The Hall–Kier alpha value is -5.69. The number of ether oxygens (including phenoxy) is 2. The third kappa shape index (κ3) is 8.07. The molecule has 5 aromatic rings. The molecule has 4 heterocycles. The van der Waals surface area contributed by atoms with E-state index in [0.717, 1.165) is 75.9 Å². The fraction of sp³-hybridized carbons (Fsp3) is 0.405. The second-order valence-corrected chi connectivity index (χ2v) is 14.8. The van der Waals surface area contributed by atoms with Gasteiger partial charge < -0.3 is 34.8 Å². The van der Waals surface area contributed by atoms with Gasteiger partial charge in [0.15, 0.2) is 0 Å². The van der Waals surface area contributed by atoms with Crippen molar-refractivity contribution in [2.75, 3.05) is 26.8 Å². The summed E-state index contributed by atoms with van der Waals surface area (Å²) >= 11 is 0. The topological polar surface area (TPSA) is 166 Å². The Morgan fingerprint density at radius 1 is 0.873 bits per heavy atom. The summed E-state index contributed by atoms with van der Waals surface area (Å²) in [5.74, 6) is 0.882. The van der Waals surface area contributed by atoms with Gasteiger partial charge in [0, 0.05) is 25.1 Å². The highest BCUT2D eigenvalue weighted by Crippen LogP contribution is 2.35. The molecule has 13 nitrogen and oxygen atoms in total. The van der Waals surface area contributed by atoms with Crippen LogP contribution in [0.1, 0.15) is 76.6 Å². The number of carbonyl (C=O) groups is 3. The summed E-state index contributed by atoms with van der Waals surface area (Å²) in [6, 6.07) is 19.6. The van der Waals surface area contributed by atoms with E-state index in [1.54, 1.807) is 16.0 Å². The monoisotopic (exact) mass is 747 g/mol. The first-order chi connectivity index (χ1) is 26.6. The Morgan fingerprint density at radius 3 is 2.16 bits per heavy atom. The van der Waals surface area contributed by atoms with E-state index in [0.29, 0.717) is 25.4 Å². The summed E-state index contributed by atoms with van der Waals surface area (Å²) in [6.45, 7) is 7.03. The molecule has 4 N–H and O–H groups in total. The van der Waals surface area contributed by atoms with Gasteiger partial charge in [-0.3, -0.25) is 9.69 Å². The smallest absolute Gasteiger partial charge is 0.410 e. The standard InChI is InChI=1S/C42H49N7O6/c1-5-6-18-55-42(53)48-17-7-8-35(48)38-43-23-34(46-38)31-16-15-29-19-28(13-14-30(29)20-31)26-9-11-27(12-10-26)33-22-44-39(45-33)36-21-32(50)24-49(36)40(51)37(25(2)3)47-41(52)54-4/h9-16,19-20,22-23,25,32,35-37,50H,5-8,17-18,21,24H2,1-4H3,(H,43,46)(H,44,45)(H,47,52)/t32-,35?,36-,37-/m0/s1. The van der Waals surface area contributed by atoms with Crippen molar-refractivity contribution in [1.29, 1.82) is 0 Å². The molecule has 2 fully saturated rings. The van der Waals surface area contributed by atoms with E-state index in [9.17, 15) is 19.5 Å². The highest BCUT2D eigenvalue weighted by Gasteiger charge is 2.41. The number of β-amino-alcohol motifs (C(OH)–C–C–N with tert-alkyl or cyclic N) is 1. The van der Waals surface area contributed by atoms with Crippen LogP contribution in [-0.4, -0.2) is 91.9 Å². The number of hydrogen-bond acceptors (Lipinski definition) is 8. The average Bonchev–Trinajstić information content (AvgIpc) is 4.03. The molecular weight excluding hydrogens is 699 g/mol. The zero-order chi connectivity index (χ0) is 38.6. The maximum Gasteiger partial charge on any atom is 0.410 e. The summed E-state index contributed by atoms with van der Waals surface area (Å²) in [6.07, 6.45) is 5.88. The van der Waals surface area contributed by atoms with E-state index < -0.39 is 24.3 Å². The second kappa shape index (κ2) is 16.4. The van der Waals surface area contributed by atoms with Crippen molar-refractivity contribution in [1.82, 2.24) is 35.1 Å². The van der Waals surface area contributed by atoms with Crippen molar-refractivity contribution in [3.8, 4) is 33.6 Å². The normalized spacial score (nSPS) is 18.9. The number of unbranched alkanes of at least 4 members (excludes halogenated alkanes) is 1. The number of fused-ring (bicyclic) bond motifs is 1. The first kappa shape index (κ1) is 37.6. The van der Waals surface area contributed by atoms with Crippen molar-refractivity contribution < 1.29 is 29.0 Å². The lowest BCUT2D eigenvalue weighted by atomic mass is 9.98. The molecule has 288 valence electrons. The third-order valence-corrected chi connectivity index (χ3v) is 10.7. The Labute approximate surface area is 320 Å². The minimum atomic E-state index is -0.799. The Kier molecular flexibility index (Phi) is 11.2. The molecule has 3 aromatic carbocycles. The van der Waals surface area contributed by atoms with Gasteiger partial charge in [0.25, 0.3) is 0 Å². The first-order valence-corrected chi connectivity index (χ1v) is 19.1. The van der Waals surface area contributed by atoms with Crippen molar-refractivity contribution in [3.63, 3.8) is 0 Å². The zero-order valence-corrected chi connectivity index (χ0v) is 31.7. The number of alkyl carbamates (subject to hydrolysis) is 1. The number of aromatic nitrogens is 4. The molecule has 2 aliphatic heterocycles. The summed E-state index contributed by atoms with van der Waals surface area (Å²) in [7, 11) is 1.26. The second-order valence-electron chi connectivity index (χ2n) is 14.8. The molecule has 55 heavy (non-hydrogen) atoms. The summed E-state index contributed by atoms with van der Waals surface area (Å²) in [4.78, 5) is 57.7. The lowest BCUT2D eigenvalue weighted by Crippen LogP contribution is -2.51. The number of H-pyrrole nitrogens is 2. The molecule has 1 unspecified atom stereocenters. The first-order valence-electron chi connectivity index (χ1n) is 19.1. The van der Waals surface area contributed by atoms with E-state index >= 15 is 0 Å². The predicted octanol–water partition coefficient (Wildman–Crippen LogP) is 7.38. The highest BCUT2D eigenvalue weighted by molar-refractivity contribution is 5.91. The lowest BCUT2D eigenvalue weighted by molar-refractivity contribution is -0.135. The number of hydrogen-bond donors (Lipinski definition) is 4. The minimum absolute atomic E-state index is 0.115. The van der Waals surface area contributed by atoms with Gasteiger partial charge in [-0.05, 0) is 64.8 Å². The van der Waals surface area contributed by atoms with Crippen LogP contribution in [-0.2, 0) is 14.3 Å². The van der Waals surface area contributed by atoms with Crippen LogP contribution in [0.4, 0.5) is 9.59 Å². The number of aromatic amines is 2. The average molecular weight is 748 g/mol. The van der Waals surface area contributed by atoms with Crippen molar-refractivity contribution in [3.05, 3.63) is 84.7 Å². The number of aliphatic hydroxyl groups excluding tert-OH is 1. The van der Waals surface area contributed by atoms with Crippen LogP contribution in [0.15, 0.2) is 73.1 Å². The van der Waals surface area contributed by atoms with Gasteiger partial charge >= 0.3 is 12.2 Å². The zero-order valence-electron chi connectivity index (χ0n) is 31.7. The third-order valence-electron chi connectivity index (χ3n) is 10.7. The molecule has 0 spiro atoms. The van der Waals surface area contributed by atoms with Crippen LogP contribution in [0.5, 0.6) is 0 Å². The number of carbonyl (C=O) groups excluding carboxylic acids is 3. The largest absolute Gasteiger partial charge is 0.453 e. The fourth-order valence-electron chi connectivity index (χ4n) is 7.59. The van der Waals surface area contributed by atoms with Gasteiger partial charge in [-0.2, -0.15) is 0 Å². The van der Waals surface area contributed by atoms with Crippen LogP contribution < -0.4 is 5.32 Å². The number of benzene rings is 3. The molecule has 4 atom stereocenters. The minimum Gasteiger partial charge on any atom is -0.453 e. The summed E-state index contributed by atoms with van der Waals surface area (Å²) < 4.78 is 10.2. The van der Waals surface area contributed by atoms with Gasteiger partial charge in [0.1, 0.15) is 17.7 Å². The Morgan fingerprint density at radius 2 is 1.49 bits per heavy atom. The quantitative estimate of drug-likeness (QED) is 0.102. The molecule has 0 aliphatic carbocycles. The van der Waals surface area contributed by atoms with E-state index in [1.165, 1.54) is 7.11 Å². The van der Waals surface area contributed by atoms with Crippen LogP contribution in [0.3, 0.4) is 0 Å². The molecule has 2 aromatic heterocycles. The molecule has 0 saturated carbocycles. The van der Waals surface area contributed by atoms with E-state index in [-0.39, 0.29) is 30.5 Å². The van der Waals surface area contributed by atoms with Gasteiger partial charge in [0.05, 0.1) is 55.7 Å². The number of aliphatic hydroxyl groups is 1. The number of rotatable bonds is 11. The number of methoxy groups -OCH3 is 1. The molecule has 2 aliphatic rings. The van der Waals surface area contributed by atoms with Crippen LogP contribution >= 0.6 is 0 Å². The number of imidazole rings is 2. The molecule has 0 radical (unpaired) electrons. The van der Waals surface area contributed by atoms with Crippen LogP contribution in [0.2, 0.25) is 0 Å². The van der Waals surface area contributed by atoms with Crippen LogP contribution in [0.25, 0.3) is 44.4 Å². The maximum atomic E-state index is 13.6. The van der Waals surface area contributed by atoms with Gasteiger partial charge in [-0.1, -0.05) is 75.7 Å². The van der Waals surface area contributed by atoms with Gasteiger partial charge in [-0.15, -0.1) is 0 Å². The number of nitrogens with one attached hydrogen (secondary N) is 3. The van der Waals surface area contributed by atoms with Crippen LogP contribution in [0, 0.1) is 5.92 Å². The van der Waals surface area contributed by atoms with Gasteiger partial charge in [-0.25, -0.2) is 19.6 Å². The predicted molar refractivity (Wildman–Crippen MR) is 209 cm³/mol. The highest BCUT2D eigenvalue weighted by atomic mass is 16.6. The van der Waals surface area contributed by atoms with Gasteiger partial charge in [0.2, 0.25) is 5.91 Å². The van der Waals surface area contributed by atoms with Crippen molar-refractivity contribution >= 4 is 28.9 Å². The van der Waals surface area contributed by atoms with E-state index in [2.05, 4.69) is 80.7 Å². The number of likely N-dealkylation sites (tertiary alicyclic amines) is 2. The lowest BCUT2D eigenvalue weighted by Gasteiger charge is -2.29. The number of amides is 3. The fourth-order valence-corrected chi connectivity index (χ4v) is 7.59. The number of nitrogens with zero attached hydrogens (tertiary/aromatic N) is 4. The SMILES string of the molecule is CCCCOC(=O)N1CCCC1c1ncc(-c2ccc3cc(-c4ccc(-c5cnc([C@@H]6C[C@H](O)CN6C(=O)[C@@H](NC(=O)OC)C(C)C)[nH]5)cc4)ccc3c2)[nH]1. The van der Waals surface area contributed by atoms with E-state index in [4.69, 9.17) is 9.47 Å².